The van der Waals surface area contributed by atoms with Gasteiger partial charge in [0.15, 0.2) is 0 Å². The van der Waals surface area contributed by atoms with Gasteiger partial charge in [0.05, 0.1) is 12.2 Å². The summed E-state index contributed by atoms with van der Waals surface area (Å²) < 4.78 is 5.38. The molecule has 0 saturated heterocycles. The Labute approximate surface area is 111 Å². The van der Waals surface area contributed by atoms with Gasteiger partial charge in [0, 0.05) is 10.5 Å². The summed E-state index contributed by atoms with van der Waals surface area (Å²) >= 11 is 4.17. The number of rotatable bonds is 3. The molecule has 0 aliphatic heterocycles. The van der Waals surface area contributed by atoms with Crippen molar-refractivity contribution in [1.82, 2.24) is 10.3 Å². The minimum atomic E-state index is -0.156. The van der Waals surface area contributed by atoms with Crippen LogP contribution in [0.5, 0.6) is 0 Å². The summed E-state index contributed by atoms with van der Waals surface area (Å²) in [6.07, 6.45) is 0. The lowest BCUT2D eigenvalue weighted by molar-refractivity contribution is 0.0947. The first-order chi connectivity index (χ1) is 8.56. The molecule has 0 aliphatic carbocycles. The van der Waals surface area contributed by atoms with Crippen molar-refractivity contribution in [2.45, 2.75) is 25.3 Å². The van der Waals surface area contributed by atoms with Crippen LogP contribution >= 0.6 is 12.6 Å². The maximum absolute atomic E-state index is 11.8. The largest absolute Gasteiger partial charge is 0.444 e. The first kappa shape index (κ1) is 12.7. The number of benzene rings is 1. The lowest BCUT2D eigenvalue weighted by Crippen LogP contribution is -2.22. The predicted molar refractivity (Wildman–Crippen MR) is 70.8 cm³/mol. The second kappa shape index (κ2) is 5.27. The molecule has 0 bridgehead atoms. The van der Waals surface area contributed by atoms with Gasteiger partial charge in [0.1, 0.15) is 5.76 Å². The Bertz CT molecular complexity index is 541. The van der Waals surface area contributed by atoms with Crippen molar-refractivity contribution in [3.63, 3.8) is 0 Å². The van der Waals surface area contributed by atoms with Gasteiger partial charge in [-0.2, -0.15) is 0 Å². The quantitative estimate of drug-likeness (QED) is 0.836. The van der Waals surface area contributed by atoms with Crippen LogP contribution in [0.3, 0.4) is 0 Å². The van der Waals surface area contributed by atoms with Crippen molar-refractivity contribution in [3.8, 4) is 0 Å². The molecule has 0 saturated carbocycles. The topological polar surface area (TPSA) is 55.1 Å². The average molecular weight is 262 g/mol. The van der Waals surface area contributed by atoms with Crippen LogP contribution in [-0.4, -0.2) is 10.9 Å². The van der Waals surface area contributed by atoms with Crippen molar-refractivity contribution >= 4 is 18.5 Å². The van der Waals surface area contributed by atoms with E-state index in [9.17, 15) is 4.79 Å². The molecule has 4 nitrogen and oxygen atoms in total. The van der Waals surface area contributed by atoms with Gasteiger partial charge < -0.3 is 9.73 Å². The van der Waals surface area contributed by atoms with Crippen molar-refractivity contribution < 1.29 is 9.21 Å². The third kappa shape index (κ3) is 2.92. The molecule has 0 unspecified atom stereocenters. The fraction of sp³-hybridized carbons (Fsp3) is 0.231. The minimum Gasteiger partial charge on any atom is -0.444 e. The van der Waals surface area contributed by atoms with Crippen molar-refractivity contribution in [2.24, 2.45) is 0 Å². The Balaban J connectivity index is 1.98. The van der Waals surface area contributed by atoms with E-state index in [0.29, 0.717) is 11.5 Å². The van der Waals surface area contributed by atoms with Crippen LogP contribution in [0.2, 0.25) is 0 Å². The molecule has 0 radical (unpaired) electrons. The zero-order valence-corrected chi connectivity index (χ0v) is 11.1. The summed E-state index contributed by atoms with van der Waals surface area (Å²) in [5.74, 6) is 1.14. The predicted octanol–water partition coefficient (Wildman–Crippen LogP) is 2.51. The normalized spacial score (nSPS) is 10.4. The van der Waals surface area contributed by atoms with Crippen molar-refractivity contribution in [1.29, 1.82) is 0 Å². The molecule has 1 aromatic carbocycles. The van der Waals surface area contributed by atoms with E-state index in [-0.39, 0.29) is 12.5 Å². The Hall–Kier alpha value is -1.75. The van der Waals surface area contributed by atoms with Crippen LogP contribution in [0, 0.1) is 13.8 Å². The third-order valence-corrected chi connectivity index (χ3v) is 2.90. The zero-order valence-electron chi connectivity index (χ0n) is 10.2. The fourth-order valence-electron chi connectivity index (χ4n) is 1.49. The Morgan fingerprint density at radius 3 is 2.56 bits per heavy atom. The molecular formula is C13H14N2O2S. The van der Waals surface area contributed by atoms with Crippen LogP contribution in [0.15, 0.2) is 33.6 Å². The van der Waals surface area contributed by atoms with E-state index in [2.05, 4.69) is 22.9 Å². The summed E-state index contributed by atoms with van der Waals surface area (Å²) in [6, 6.07) is 7.00. The van der Waals surface area contributed by atoms with Gasteiger partial charge >= 0.3 is 0 Å². The molecule has 0 atom stereocenters. The summed E-state index contributed by atoms with van der Waals surface area (Å²) in [5.41, 5.74) is 1.44. The molecule has 0 spiro atoms. The van der Waals surface area contributed by atoms with E-state index in [1.165, 1.54) is 0 Å². The van der Waals surface area contributed by atoms with Crippen LogP contribution in [0.1, 0.15) is 27.7 Å². The number of nitrogens with one attached hydrogen (secondary N) is 1. The second-order valence-corrected chi connectivity index (χ2v) is 4.50. The van der Waals surface area contributed by atoms with Crippen molar-refractivity contribution in [2.75, 3.05) is 0 Å². The van der Waals surface area contributed by atoms with E-state index in [1.54, 1.807) is 24.3 Å². The number of carbonyl (C=O) groups is 1. The van der Waals surface area contributed by atoms with E-state index < -0.39 is 0 Å². The second-order valence-electron chi connectivity index (χ2n) is 3.98. The number of amides is 1. The van der Waals surface area contributed by atoms with Gasteiger partial charge in [0.25, 0.3) is 5.91 Å². The highest BCUT2D eigenvalue weighted by atomic mass is 32.1. The molecule has 1 heterocycles. The maximum atomic E-state index is 11.8. The highest BCUT2D eigenvalue weighted by Gasteiger charge is 2.08. The standard InChI is InChI=1S/C13H14N2O2S/c1-8-9(2)17-12(15-8)7-14-13(16)10-3-5-11(18)6-4-10/h3-6,18H,7H2,1-2H3,(H,14,16). The fourth-order valence-corrected chi connectivity index (χ4v) is 1.63. The monoisotopic (exact) mass is 262 g/mol. The Morgan fingerprint density at radius 2 is 2.00 bits per heavy atom. The van der Waals surface area contributed by atoms with E-state index >= 15 is 0 Å². The van der Waals surface area contributed by atoms with Gasteiger partial charge in [0.2, 0.25) is 5.89 Å². The highest BCUT2D eigenvalue weighted by Crippen LogP contribution is 2.09. The SMILES string of the molecule is Cc1nc(CNC(=O)c2ccc(S)cc2)oc1C. The molecule has 18 heavy (non-hydrogen) atoms. The number of hydrogen-bond donors (Lipinski definition) is 2. The van der Waals surface area contributed by atoms with Gasteiger partial charge in [-0.05, 0) is 38.1 Å². The van der Waals surface area contributed by atoms with Gasteiger partial charge in [-0.15, -0.1) is 12.6 Å². The molecule has 0 aliphatic rings. The maximum Gasteiger partial charge on any atom is 0.251 e. The lowest BCUT2D eigenvalue weighted by atomic mass is 10.2. The average Bonchev–Trinajstić information content (AvgIpc) is 2.67. The molecular weight excluding hydrogens is 248 g/mol. The number of oxazole rings is 1. The van der Waals surface area contributed by atoms with E-state index in [0.717, 1.165) is 16.3 Å². The number of thiol groups is 1. The molecule has 1 aromatic heterocycles. The first-order valence-electron chi connectivity index (χ1n) is 5.56. The Kier molecular flexibility index (Phi) is 3.72. The van der Waals surface area contributed by atoms with Crippen molar-refractivity contribution in [3.05, 3.63) is 47.2 Å². The van der Waals surface area contributed by atoms with Gasteiger partial charge in [-0.1, -0.05) is 0 Å². The number of nitrogens with zero attached hydrogens (tertiary/aromatic N) is 1. The van der Waals surface area contributed by atoms with Gasteiger partial charge in [-0.25, -0.2) is 4.98 Å². The number of hydrogen-bond acceptors (Lipinski definition) is 4. The number of aromatic nitrogens is 1. The molecule has 5 heteroatoms. The third-order valence-electron chi connectivity index (χ3n) is 2.60. The van der Waals surface area contributed by atoms with Crippen LogP contribution in [0.25, 0.3) is 0 Å². The molecule has 0 fully saturated rings. The van der Waals surface area contributed by atoms with Gasteiger partial charge in [-0.3, -0.25) is 4.79 Å². The number of carbonyl (C=O) groups excluding carboxylic acids is 1. The minimum absolute atomic E-state index is 0.156. The van der Waals surface area contributed by atoms with Crippen LogP contribution in [-0.2, 0) is 6.54 Å². The lowest BCUT2D eigenvalue weighted by Gasteiger charge is -2.02. The molecule has 94 valence electrons. The zero-order chi connectivity index (χ0) is 13.1. The molecule has 1 N–H and O–H groups in total. The number of aryl methyl sites for hydroxylation is 2. The molecule has 2 aromatic rings. The van der Waals surface area contributed by atoms with E-state index in [4.69, 9.17) is 4.42 Å². The summed E-state index contributed by atoms with van der Waals surface area (Å²) in [4.78, 5) is 16.8. The smallest absolute Gasteiger partial charge is 0.251 e. The highest BCUT2D eigenvalue weighted by molar-refractivity contribution is 7.80. The summed E-state index contributed by atoms with van der Waals surface area (Å²) in [5, 5.41) is 2.76. The molecule has 2 rings (SSSR count). The summed E-state index contributed by atoms with van der Waals surface area (Å²) in [7, 11) is 0. The van der Waals surface area contributed by atoms with E-state index in [1.807, 2.05) is 13.8 Å². The van der Waals surface area contributed by atoms with Crippen LogP contribution < -0.4 is 5.32 Å². The molecule has 1 amide bonds. The Morgan fingerprint density at radius 1 is 1.33 bits per heavy atom. The summed E-state index contributed by atoms with van der Waals surface area (Å²) in [6.45, 7) is 4.00. The first-order valence-corrected chi connectivity index (χ1v) is 6.01. The van der Waals surface area contributed by atoms with Crippen LogP contribution in [0.4, 0.5) is 0 Å².